The van der Waals surface area contributed by atoms with Crippen LogP contribution in [0.5, 0.6) is 5.75 Å². The zero-order chi connectivity index (χ0) is 17.9. The predicted molar refractivity (Wildman–Crippen MR) is 96.0 cm³/mol. The first-order chi connectivity index (χ1) is 11.3. The van der Waals surface area contributed by atoms with Crippen molar-refractivity contribution in [3.63, 3.8) is 0 Å². The number of rotatable bonds is 7. The summed E-state index contributed by atoms with van der Waals surface area (Å²) in [5, 5.41) is 9.73. The highest BCUT2D eigenvalue weighted by Crippen LogP contribution is 2.29. The van der Waals surface area contributed by atoms with Crippen molar-refractivity contribution in [3.8, 4) is 5.75 Å². The number of benzene rings is 1. The Balaban J connectivity index is 2.22. The molecule has 1 heterocycles. The van der Waals surface area contributed by atoms with Gasteiger partial charge in [0.2, 0.25) is 0 Å². The van der Waals surface area contributed by atoms with Crippen molar-refractivity contribution in [3.05, 3.63) is 44.9 Å². The molecule has 130 valence electrons. The molecular formula is C18H24N2O3S. The minimum absolute atomic E-state index is 0.657. The molecule has 1 atom stereocenters. The fourth-order valence-electron chi connectivity index (χ4n) is 3.02. The second-order valence-corrected chi connectivity index (χ2v) is 6.96. The van der Waals surface area contributed by atoms with Crippen LogP contribution in [0.1, 0.15) is 33.3 Å². The van der Waals surface area contributed by atoms with Crippen molar-refractivity contribution in [1.29, 1.82) is 0 Å². The first-order valence-electron chi connectivity index (χ1n) is 7.82. The monoisotopic (exact) mass is 348 g/mol. The molecule has 1 N–H and O–H groups in total. The molecule has 0 amide bonds. The Morgan fingerprint density at radius 2 is 1.96 bits per heavy atom. The van der Waals surface area contributed by atoms with E-state index in [9.17, 15) is 9.90 Å². The van der Waals surface area contributed by atoms with Gasteiger partial charge in [-0.1, -0.05) is 12.1 Å². The van der Waals surface area contributed by atoms with E-state index in [1.807, 2.05) is 50.4 Å². The van der Waals surface area contributed by atoms with Gasteiger partial charge in [-0.05, 0) is 50.9 Å². The average molecular weight is 348 g/mol. The van der Waals surface area contributed by atoms with Crippen molar-refractivity contribution < 1.29 is 14.6 Å². The van der Waals surface area contributed by atoms with Gasteiger partial charge in [0.25, 0.3) is 0 Å². The van der Waals surface area contributed by atoms with Gasteiger partial charge in [-0.2, -0.15) is 0 Å². The maximum absolute atomic E-state index is 11.9. The van der Waals surface area contributed by atoms with Crippen molar-refractivity contribution in [2.75, 3.05) is 20.7 Å². The molecule has 0 aliphatic heterocycles. The van der Waals surface area contributed by atoms with E-state index in [-0.39, 0.29) is 0 Å². The summed E-state index contributed by atoms with van der Waals surface area (Å²) in [6, 6.07) is 3.12. The minimum Gasteiger partial charge on any atom is -0.496 e. The van der Waals surface area contributed by atoms with Gasteiger partial charge in [-0.3, -0.25) is 9.69 Å². The van der Waals surface area contributed by atoms with Gasteiger partial charge >= 0.3 is 5.97 Å². The van der Waals surface area contributed by atoms with Crippen LogP contribution in [0.15, 0.2) is 17.6 Å². The first-order valence-corrected chi connectivity index (χ1v) is 8.70. The molecule has 0 saturated carbocycles. The van der Waals surface area contributed by atoms with Crippen LogP contribution in [0.25, 0.3) is 0 Å². The Labute approximate surface area is 146 Å². The van der Waals surface area contributed by atoms with E-state index in [4.69, 9.17) is 4.74 Å². The molecule has 5 nitrogen and oxygen atoms in total. The molecule has 1 unspecified atom stereocenters. The standard InChI is InChI=1S/C18H24N2O3S/c1-11-8-14(9-12(2)17(11)23-5)16(18(21)22)20(4)7-6-15-13(3)19-10-24-15/h8-10,16H,6-7H2,1-5H3,(H,21,22). The lowest BCUT2D eigenvalue weighted by molar-refractivity contribution is -0.143. The molecule has 2 rings (SSSR count). The van der Waals surface area contributed by atoms with Crippen LogP contribution < -0.4 is 4.74 Å². The van der Waals surface area contributed by atoms with E-state index in [1.165, 1.54) is 4.88 Å². The third-order valence-corrected chi connectivity index (χ3v) is 5.21. The smallest absolute Gasteiger partial charge is 0.325 e. The Morgan fingerprint density at radius 3 is 2.42 bits per heavy atom. The number of carboxylic acids is 1. The maximum atomic E-state index is 11.9. The number of aromatic nitrogens is 1. The van der Waals surface area contributed by atoms with Gasteiger partial charge in [-0.15, -0.1) is 11.3 Å². The van der Waals surface area contributed by atoms with Crippen LogP contribution in [0.2, 0.25) is 0 Å². The number of likely N-dealkylation sites (N-methyl/N-ethyl adjacent to an activating group) is 1. The Kier molecular flexibility index (Phi) is 5.96. The largest absolute Gasteiger partial charge is 0.496 e. The molecule has 6 heteroatoms. The third kappa shape index (κ3) is 3.94. The molecule has 24 heavy (non-hydrogen) atoms. The highest BCUT2D eigenvalue weighted by Gasteiger charge is 2.26. The lowest BCUT2D eigenvalue weighted by atomic mass is 9.99. The van der Waals surface area contributed by atoms with Crippen molar-refractivity contribution in [2.24, 2.45) is 0 Å². The zero-order valence-electron chi connectivity index (χ0n) is 14.8. The fraction of sp³-hybridized carbons (Fsp3) is 0.444. The zero-order valence-corrected chi connectivity index (χ0v) is 15.6. The minimum atomic E-state index is -0.845. The molecule has 0 fully saturated rings. The van der Waals surface area contributed by atoms with Gasteiger partial charge in [0.1, 0.15) is 11.8 Å². The average Bonchev–Trinajstić information content (AvgIpc) is 2.90. The number of thiazole rings is 1. The summed E-state index contributed by atoms with van der Waals surface area (Å²) in [6.07, 6.45) is 0.797. The van der Waals surface area contributed by atoms with Crippen molar-refractivity contribution in [1.82, 2.24) is 9.88 Å². The summed E-state index contributed by atoms with van der Waals surface area (Å²) >= 11 is 1.62. The van der Waals surface area contributed by atoms with E-state index < -0.39 is 12.0 Å². The second kappa shape index (κ2) is 7.77. The molecule has 0 radical (unpaired) electrons. The lowest BCUT2D eigenvalue weighted by Crippen LogP contribution is -2.32. The quantitative estimate of drug-likeness (QED) is 0.831. The normalized spacial score (nSPS) is 12.4. The highest BCUT2D eigenvalue weighted by atomic mass is 32.1. The van der Waals surface area contributed by atoms with Crippen LogP contribution in [-0.2, 0) is 11.2 Å². The number of carbonyl (C=O) groups is 1. The number of aliphatic carboxylic acids is 1. The van der Waals surface area contributed by atoms with E-state index in [0.717, 1.165) is 34.6 Å². The first kappa shape index (κ1) is 18.4. The summed E-state index contributed by atoms with van der Waals surface area (Å²) in [5.41, 5.74) is 5.53. The topological polar surface area (TPSA) is 62.7 Å². The molecular weight excluding hydrogens is 324 g/mol. The highest BCUT2D eigenvalue weighted by molar-refractivity contribution is 7.09. The summed E-state index contributed by atoms with van der Waals surface area (Å²) in [5.74, 6) is -0.0340. The number of nitrogens with zero attached hydrogens (tertiary/aromatic N) is 2. The van der Waals surface area contributed by atoms with Gasteiger partial charge in [-0.25, -0.2) is 4.98 Å². The van der Waals surface area contributed by atoms with Crippen LogP contribution in [-0.4, -0.2) is 41.7 Å². The summed E-state index contributed by atoms with van der Waals surface area (Å²) in [7, 11) is 3.48. The summed E-state index contributed by atoms with van der Waals surface area (Å²) in [4.78, 5) is 19.2. The molecule has 0 saturated heterocycles. The number of ether oxygens (including phenoxy) is 1. The molecule has 0 aliphatic rings. The molecule has 0 spiro atoms. The number of hydrogen-bond acceptors (Lipinski definition) is 5. The van der Waals surface area contributed by atoms with Gasteiger partial charge in [0.15, 0.2) is 0 Å². The Hall–Kier alpha value is -1.92. The van der Waals surface area contributed by atoms with E-state index in [0.29, 0.717) is 6.54 Å². The maximum Gasteiger partial charge on any atom is 0.325 e. The van der Waals surface area contributed by atoms with Crippen molar-refractivity contribution >= 4 is 17.3 Å². The van der Waals surface area contributed by atoms with Crippen LogP contribution in [0.4, 0.5) is 0 Å². The molecule has 0 bridgehead atoms. The lowest BCUT2D eigenvalue weighted by Gasteiger charge is -2.26. The van der Waals surface area contributed by atoms with E-state index >= 15 is 0 Å². The number of methoxy groups -OCH3 is 1. The number of aryl methyl sites for hydroxylation is 3. The van der Waals surface area contributed by atoms with Crippen molar-refractivity contribution in [2.45, 2.75) is 33.2 Å². The van der Waals surface area contributed by atoms with Gasteiger partial charge in [0.05, 0.1) is 18.3 Å². The summed E-state index contributed by atoms with van der Waals surface area (Å²) < 4.78 is 5.37. The Morgan fingerprint density at radius 1 is 1.33 bits per heavy atom. The predicted octanol–water partition coefficient (Wildman–Crippen LogP) is 3.38. The van der Waals surface area contributed by atoms with E-state index in [1.54, 1.807) is 18.4 Å². The van der Waals surface area contributed by atoms with Crippen LogP contribution >= 0.6 is 11.3 Å². The molecule has 2 aromatic rings. The number of carboxylic acid groups (broad SMARTS) is 1. The van der Waals surface area contributed by atoms with E-state index in [2.05, 4.69) is 4.98 Å². The van der Waals surface area contributed by atoms with Gasteiger partial charge < -0.3 is 9.84 Å². The molecule has 1 aromatic heterocycles. The van der Waals surface area contributed by atoms with Crippen LogP contribution in [0.3, 0.4) is 0 Å². The van der Waals surface area contributed by atoms with Gasteiger partial charge in [0, 0.05) is 11.4 Å². The summed E-state index contributed by atoms with van der Waals surface area (Å²) in [6.45, 7) is 6.52. The van der Waals surface area contributed by atoms with Crippen LogP contribution in [0, 0.1) is 20.8 Å². The SMILES string of the molecule is COc1c(C)cc(C(C(=O)O)N(C)CCc2scnc2C)cc1C. The third-order valence-electron chi connectivity index (χ3n) is 4.21. The molecule has 1 aromatic carbocycles. The molecule has 0 aliphatic carbocycles. The Bertz CT molecular complexity index is 704. The number of hydrogen-bond donors (Lipinski definition) is 1. The fourth-order valence-corrected chi connectivity index (χ4v) is 3.79. The second-order valence-electron chi connectivity index (χ2n) is 6.02.